The fourth-order valence-electron chi connectivity index (χ4n) is 2.79. The molecule has 1 amide bonds. The van der Waals surface area contributed by atoms with Gasteiger partial charge in [0.15, 0.2) is 0 Å². The van der Waals surface area contributed by atoms with E-state index >= 15 is 0 Å². The van der Waals surface area contributed by atoms with Crippen molar-refractivity contribution >= 4 is 5.91 Å². The van der Waals surface area contributed by atoms with Gasteiger partial charge in [-0.05, 0) is 18.8 Å². The fourth-order valence-corrected chi connectivity index (χ4v) is 2.79. The number of carbonyl (C=O) groups is 1. The molecule has 1 atom stereocenters. The van der Waals surface area contributed by atoms with Crippen LogP contribution in [0.3, 0.4) is 0 Å². The van der Waals surface area contributed by atoms with Gasteiger partial charge < -0.3 is 11.1 Å². The minimum atomic E-state index is 0.109. The van der Waals surface area contributed by atoms with Crippen LogP contribution >= 0.6 is 0 Å². The molecule has 1 aliphatic carbocycles. The maximum Gasteiger partial charge on any atom is 0.223 e. The first-order valence-electron chi connectivity index (χ1n) is 7.22. The Morgan fingerprint density at radius 2 is 1.82 bits per heavy atom. The van der Waals surface area contributed by atoms with Crippen LogP contribution in [-0.4, -0.2) is 18.5 Å². The smallest absolute Gasteiger partial charge is 0.223 e. The third kappa shape index (κ3) is 4.66. The number of carbonyl (C=O) groups excluding carboxylic acids is 1. The Bertz CT molecular complexity index is 220. The minimum Gasteiger partial charge on any atom is -0.354 e. The molecule has 17 heavy (non-hydrogen) atoms. The van der Waals surface area contributed by atoms with E-state index in [0.29, 0.717) is 12.5 Å². The van der Waals surface area contributed by atoms with Gasteiger partial charge in [0, 0.05) is 18.5 Å². The van der Waals surface area contributed by atoms with Crippen LogP contribution in [0.25, 0.3) is 0 Å². The Hall–Kier alpha value is -0.570. The van der Waals surface area contributed by atoms with Gasteiger partial charge >= 0.3 is 0 Å². The maximum atomic E-state index is 11.9. The van der Waals surface area contributed by atoms with Crippen molar-refractivity contribution in [3.63, 3.8) is 0 Å². The van der Waals surface area contributed by atoms with E-state index < -0.39 is 0 Å². The molecule has 1 aliphatic rings. The molecule has 1 saturated carbocycles. The molecule has 0 aliphatic heterocycles. The second-order valence-electron chi connectivity index (χ2n) is 5.32. The minimum absolute atomic E-state index is 0.109. The number of nitrogens with one attached hydrogen (secondary N) is 1. The van der Waals surface area contributed by atoms with Crippen molar-refractivity contribution in [2.24, 2.45) is 17.6 Å². The summed E-state index contributed by atoms with van der Waals surface area (Å²) in [6.45, 7) is 4.97. The summed E-state index contributed by atoms with van der Waals surface area (Å²) in [5, 5.41) is 3.04. The van der Waals surface area contributed by atoms with Crippen molar-refractivity contribution in [1.29, 1.82) is 0 Å². The summed E-state index contributed by atoms with van der Waals surface area (Å²) in [4.78, 5) is 11.9. The summed E-state index contributed by atoms with van der Waals surface area (Å²) in [6.07, 6.45) is 8.01. The first-order valence-corrected chi connectivity index (χ1v) is 7.22. The molecule has 0 saturated heterocycles. The fraction of sp³-hybridized carbons (Fsp3) is 0.929. The molecule has 1 rings (SSSR count). The number of nitrogens with two attached hydrogens (primary N) is 1. The molecule has 3 N–H and O–H groups in total. The summed E-state index contributed by atoms with van der Waals surface area (Å²) in [6, 6.07) is 0.109. The van der Waals surface area contributed by atoms with Crippen LogP contribution < -0.4 is 11.1 Å². The Morgan fingerprint density at radius 1 is 1.24 bits per heavy atom. The third-order valence-electron chi connectivity index (χ3n) is 4.14. The highest BCUT2D eigenvalue weighted by Gasteiger charge is 2.22. The molecular formula is C14H28N2O. The van der Waals surface area contributed by atoms with Gasteiger partial charge in [0.2, 0.25) is 5.91 Å². The van der Waals surface area contributed by atoms with Gasteiger partial charge in [-0.15, -0.1) is 0 Å². The van der Waals surface area contributed by atoms with Crippen LogP contribution in [0.5, 0.6) is 0 Å². The number of rotatable bonds is 6. The van der Waals surface area contributed by atoms with Crippen molar-refractivity contribution in [2.75, 3.05) is 6.54 Å². The van der Waals surface area contributed by atoms with Crippen LogP contribution in [0.2, 0.25) is 0 Å². The lowest BCUT2D eigenvalue weighted by atomic mass is 9.88. The van der Waals surface area contributed by atoms with E-state index in [1.165, 1.54) is 19.3 Å². The Kier molecular flexibility index (Phi) is 6.56. The lowest BCUT2D eigenvalue weighted by Crippen LogP contribution is -2.43. The molecule has 0 spiro atoms. The van der Waals surface area contributed by atoms with E-state index in [0.717, 1.165) is 25.7 Å². The first-order chi connectivity index (χ1) is 8.19. The largest absolute Gasteiger partial charge is 0.354 e. The zero-order valence-electron chi connectivity index (χ0n) is 11.4. The lowest BCUT2D eigenvalue weighted by molar-refractivity contribution is -0.126. The average molecular weight is 240 g/mol. The molecule has 0 aromatic carbocycles. The molecule has 0 aromatic heterocycles. The standard InChI is InChI=1S/C14H28N2O/c1-3-11(4-2)13(15)10-16-14(17)12-8-6-5-7-9-12/h11-13H,3-10,15H2,1-2H3,(H,16,17). The molecule has 3 heteroatoms. The molecule has 3 nitrogen and oxygen atoms in total. The zero-order chi connectivity index (χ0) is 12.7. The van der Waals surface area contributed by atoms with E-state index in [2.05, 4.69) is 19.2 Å². The highest BCUT2D eigenvalue weighted by Crippen LogP contribution is 2.23. The SMILES string of the molecule is CCC(CC)C(N)CNC(=O)C1CCCCC1. The van der Waals surface area contributed by atoms with Gasteiger partial charge in [-0.3, -0.25) is 4.79 Å². The van der Waals surface area contributed by atoms with Gasteiger partial charge in [-0.1, -0.05) is 46.0 Å². The molecule has 0 radical (unpaired) electrons. The monoisotopic (exact) mass is 240 g/mol. The van der Waals surface area contributed by atoms with Gasteiger partial charge in [0.1, 0.15) is 0 Å². The molecule has 1 unspecified atom stereocenters. The van der Waals surface area contributed by atoms with Crippen LogP contribution in [0.15, 0.2) is 0 Å². The van der Waals surface area contributed by atoms with Crippen LogP contribution in [0.1, 0.15) is 58.8 Å². The predicted molar refractivity (Wildman–Crippen MR) is 71.6 cm³/mol. The van der Waals surface area contributed by atoms with E-state index in [1.54, 1.807) is 0 Å². The molecule has 0 bridgehead atoms. The maximum absolute atomic E-state index is 11.9. The summed E-state index contributed by atoms with van der Waals surface area (Å²) >= 11 is 0. The zero-order valence-corrected chi connectivity index (χ0v) is 11.4. The number of hydrogen-bond donors (Lipinski definition) is 2. The number of hydrogen-bond acceptors (Lipinski definition) is 2. The van der Waals surface area contributed by atoms with Crippen LogP contribution in [0.4, 0.5) is 0 Å². The van der Waals surface area contributed by atoms with Gasteiger partial charge in [-0.2, -0.15) is 0 Å². The van der Waals surface area contributed by atoms with Crippen molar-refractivity contribution in [3.8, 4) is 0 Å². The molecule has 1 fully saturated rings. The van der Waals surface area contributed by atoms with E-state index in [9.17, 15) is 4.79 Å². The second kappa shape index (κ2) is 7.70. The van der Waals surface area contributed by atoms with Crippen molar-refractivity contribution < 1.29 is 4.79 Å². The summed E-state index contributed by atoms with van der Waals surface area (Å²) in [5.74, 6) is 1.01. The Morgan fingerprint density at radius 3 is 2.35 bits per heavy atom. The van der Waals surface area contributed by atoms with E-state index in [1.807, 2.05) is 0 Å². The molecule has 100 valence electrons. The molecular weight excluding hydrogens is 212 g/mol. The first kappa shape index (κ1) is 14.5. The van der Waals surface area contributed by atoms with Crippen molar-refractivity contribution in [2.45, 2.75) is 64.8 Å². The van der Waals surface area contributed by atoms with Gasteiger partial charge in [0.25, 0.3) is 0 Å². The van der Waals surface area contributed by atoms with E-state index in [4.69, 9.17) is 5.73 Å². The molecule has 0 heterocycles. The Balaban J connectivity index is 2.26. The van der Waals surface area contributed by atoms with E-state index in [-0.39, 0.29) is 17.9 Å². The van der Waals surface area contributed by atoms with Gasteiger partial charge in [0.05, 0.1) is 0 Å². The van der Waals surface area contributed by atoms with Crippen LogP contribution in [-0.2, 0) is 4.79 Å². The van der Waals surface area contributed by atoms with Crippen molar-refractivity contribution in [3.05, 3.63) is 0 Å². The predicted octanol–water partition coefficient (Wildman–Crippen LogP) is 2.45. The highest BCUT2D eigenvalue weighted by molar-refractivity contribution is 5.78. The van der Waals surface area contributed by atoms with Gasteiger partial charge in [-0.25, -0.2) is 0 Å². The quantitative estimate of drug-likeness (QED) is 0.749. The second-order valence-corrected chi connectivity index (χ2v) is 5.32. The van der Waals surface area contributed by atoms with Crippen molar-refractivity contribution in [1.82, 2.24) is 5.32 Å². The summed E-state index contributed by atoms with van der Waals surface area (Å²) in [5.41, 5.74) is 6.10. The highest BCUT2D eigenvalue weighted by atomic mass is 16.1. The third-order valence-corrected chi connectivity index (χ3v) is 4.14. The lowest BCUT2D eigenvalue weighted by Gasteiger charge is -2.24. The molecule has 0 aromatic rings. The Labute approximate surface area is 106 Å². The number of amides is 1. The van der Waals surface area contributed by atoms with Crippen LogP contribution in [0, 0.1) is 11.8 Å². The topological polar surface area (TPSA) is 55.1 Å². The normalized spacial score (nSPS) is 19.3. The summed E-state index contributed by atoms with van der Waals surface area (Å²) < 4.78 is 0. The summed E-state index contributed by atoms with van der Waals surface area (Å²) in [7, 11) is 0. The average Bonchev–Trinajstić information content (AvgIpc) is 2.38.